The Bertz CT molecular complexity index is 249. The van der Waals surface area contributed by atoms with E-state index in [4.69, 9.17) is 0 Å². The second-order valence-corrected chi connectivity index (χ2v) is 3.64. The summed E-state index contributed by atoms with van der Waals surface area (Å²) in [5.74, 6) is 0. The smallest absolute Gasteiger partial charge is 0.0613 e. The van der Waals surface area contributed by atoms with Crippen molar-refractivity contribution in [2.75, 3.05) is 6.54 Å². The van der Waals surface area contributed by atoms with Crippen LogP contribution in [0.25, 0.3) is 0 Å². The van der Waals surface area contributed by atoms with E-state index in [0.29, 0.717) is 5.41 Å². The Hall–Kier alpha value is -0.820. The van der Waals surface area contributed by atoms with Gasteiger partial charge in [0.15, 0.2) is 0 Å². The lowest BCUT2D eigenvalue weighted by Gasteiger charge is -2.14. The van der Waals surface area contributed by atoms with Gasteiger partial charge in [0, 0.05) is 5.41 Å². The lowest BCUT2D eigenvalue weighted by molar-refractivity contribution is -0.600. The maximum Gasteiger partial charge on any atom is 0.0613 e. The number of benzene rings is 1. The maximum absolute atomic E-state index is 3.81. The second kappa shape index (κ2) is 2.91. The molecular weight excluding hydrogens is 146 g/mol. The summed E-state index contributed by atoms with van der Waals surface area (Å²) in [6.07, 6.45) is 2.67. The molecule has 0 radical (unpaired) electrons. The largest absolute Gasteiger partial charge is 0.478 e. The highest BCUT2D eigenvalue weighted by Crippen LogP contribution is 2.46. The standard InChI is InChI=1S/C11H15N/c1-12-9-11(7-8-11)10-5-3-2-4-6-10/h2-6H,1,7-9,12H2. The summed E-state index contributed by atoms with van der Waals surface area (Å²) in [7, 11) is 3.81. The fraction of sp³-hybridized carbons (Fsp3) is 0.364. The number of quaternary nitrogens is 1. The molecular formula is C11H15N. The molecule has 1 aliphatic carbocycles. The van der Waals surface area contributed by atoms with Crippen molar-refractivity contribution in [3.63, 3.8) is 0 Å². The fourth-order valence-corrected chi connectivity index (χ4v) is 1.83. The van der Waals surface area contributed by atoms with Crippen molar-refractivity contribution in [1.82, 2.24) is 0 Å². The Morgan fingerprint density at radius 2 is 1.92 bits per heavy atom. The van der Waals surface area contributed by atoms with Crippen molar-refractivity contribution in [1.29, 1.82) is 0 Å². The Kier molecular flexibility index (Phi) is 1.89. The molecule has 2 N–H and O–H groups in total. The van der Waals surface area contributed by atoms with Crippen molar-refractivity contribution < 1.29 is 5.32 Å². The highest BCUT2D eigenvalue weighted by Gasteiger charge is 2.44. The number of hydrogen-bond donors (Lipinski definition) is 1. The van der Waals surface area contributed by atoms with E-state index in [1.807, 2.05) is 5.32 Å². The average Bonchev–Trinajstić information content (AvgIpc) is 2.88. The van der Waals surface area contributed by atoms with Crippen LogP contribution in [0.1, 0.15) is 18.4 Å². The van der Waals surface area contributed by atoms with Gasteiger partial charge in [-0.05, 0) is 18.4 Å². The van der Waals surface area contributed by atoms with Gasteiger partial charge in [-0.1, -0.05) is 30.3 Å². The SMILES string of the molecule is [CH2-][NH2+]CC1(c2ccccc2)CC1. The van der Waals surface area contributed by atoms with Crippen LogP contribution in [-0.2, 0) is 5.41 Å². The zero-order valence-electron chi connectivity index (χ0n) is 7.29. The summed E-state index contributed by atoms with van der Waals surface area (Å²) >= 11 is 0. The predicted octanol–water partition coefficient (Wildman–Crippen LogP) is 1.07. The van der Waals surface area contributed by atoms with Crippen LogP contribution in [0.2, 0.25) is 0 Å². The summed E-state index contributed by atoms with van der Waals surface area (Å²) in [6.45, 7) is 1.14. The summed E-state index contributed by atoms with van der Waals surface area (Å²) in [5.41, 5.74) is 1.97. The van der Waals surface area contributed by atoms with Crippen LogP contribution < -0.4 is 5.32 Å². The zero-order valence-corrected chi connectivity index (χ0v) is 7.29. The van der Waals surface area contributed by atoms with Gasteiger partial charge in [-0.2, -0.15) is 7.05 Å². The molecule has 0 saturated heterocycles. The van der Waals surface area contributed by atoms with Crippen molar-refractivity contribution in [2.24, 2.45) is 0 Å². The quantitative estimate of drug-likeness (QED) is 0.639. The molecule has 1 aromatic carbocycles. The van der Waals surface area contributed by atoms with Gasteiger partial charge >= 0.3 is 0 Å². The first kappa shape index (κ1) is 7.81. The van der Waals surface area contributed by atoms with Gasteiger partial charge in [0.25, 0.3) is 0 Å². The summed E-state index contributed by atoms with van der Waals surface area (Å²) in [4.78, 5) is 0. The van der Waals surface area contributed by atoms with E-state index in [-0.39, 0.29) is 0 Å². The van der Waals surface area contributed by atoms with Crippen LogP contribution in [0.15, 0.2) is 30.3 Å². The monoisotopic (exact) mass is 161 g/mol. The number of hydrogen-bond acceptors (Lipinski definition) is 0. The van der Waals surface area contributed by atoms with Gasteiger partial charge in [-0.3, -0.25) is 0 Å². The predicted molar refractivity (Wildman–Crippen MR) is 49.5 cm³/mol. The molecule has 1 fully saturated rings. The third kappa shape index (κ3) is 1.25. The Morgan fingerprint density at radius 1 is 1.25 bits per heavy atom. The van der Waals surface area contributed by atoms with E-state index in [1.54, 1.807) is 0 Å². The van der Waals surface area contributed by atoms with E-state index >= 15 is 0 Å². The van der Waals surface area contributed by atoms with Crippen LogP contribution >= 0.6 is 0 Å². The fourth-order valence-electron chi connectivity index (χ4n) is 1.83. The van der Waals surface area contributed by atoms with E-state index in [2.05, 4.69) is 37.4 Å². The lowest BCUT2D eigenvalue weighted by atomic mass is 9.96. The van der Waals surface area contributed by atoms with Gasteiger partial charge in [-0.25, -0.2) is 0 Å². The van der Waals surface area contributed by atoms with Crippen molar-refractivity contribution in [2.45, 2.75) is 18.3 Å². The van der Waals surface area contributed by atoms with Gasteiger partial charge < -0.3 is 5.32 Å². The highest BCUT2D eigenvalue weighted by molar-refractivity contribution is 5.30. The van der Waals surface area contributed by atoms with Crippen LogP contribution in [0.4, 0.5) is 0 Å². The first-order valence-corrected chi connectivity index (χ1v) is 4.54. The molecule has 0 unspecified atom stereocenters. The molecule has 1 aromatic rings. The lowest BCUT2D eigenvalue weighted by Crippen LogP contribution is -2.79. The van der Waals surface area contributed by atoms with Crippen LogP contribution in [0.5, 0.6) is 0 Å². The molecule has 0 amide bonds. The van der Waals surface area contributed by atoms with E-state index < -0.39 is 0 Å². The maximum atomic E-state index is 3.81. The van der Waals surface area contributed by atoms with Crippen LogP contribution in [-0.4, -0.2) is 6.54 Å². The third-order valence-corrected chi connectivity index (χ3v) is 2.77. The summed E-state index contributed by atoms with van der Waals surface area (Å²) < 4.78 is 0. The molecule has 1 nitrogen and oxygen atoms in total. The van der Waals surface area contributed by atoms with E-state index in [9.17, 15) is 0 Å². The minimum atomic E-state index is 0.475. The van der Waals surface area contributed by atoms with Crippen LogP contribution in [0, 0.1) is 7.05 Å². The van der Waals surface area contributed by atoms with Crippen molar-refractivity contribution in [3.8, 4) is 0 Å². The Labute approximate surface area is 73.8 Å². The second-order valence-electron chi connectivity index (χ2n) is 3.64. The molecule has 1 aliphatic rings. The van der Waals surface area contributed by atoms with Gasteiger partial charge in [0.1, 0.15) is 0 Å². The Morgan fingerprint density at radius 3 is 2.42 bits per heavy atom. The molecule has 0 aliphatic heterocycles. The molecule has 0 aromatic heterocycles. The first-order valence-electron chi connectivity index (χ1n) is 4.54. The van der Waals surface area contributed by atoms with E-state index in [1.165, 1.54) is 18.4 Å². The molecule has 2 rings (SSSR count). The van der Waals surface area contributed by atoms with Crippen molar-refractivity contribution in [3.05, 3.63) is 42.9 Å². The highest BCUT2D eigenvalue weighted by atomic mass is 14.8. The molecule has 0 atom stereocenters. The first-order chi connectivity index (χ1) is 5.87. The summed E-state index contributed by atoms with van der Waals surface area (Å²) in [5, 5.41) is 2.04. The van der Waals surface area contributed by atoms with E-state index in [0.717, 1.165) is 6.54 Å². The molecule has 64 valence electrons. The normalized spacial score (nSPS) is 19.1. The topological polar surface area (TPSA) is 16.6 Å². The minimum Gasteiger partial charge on any atom is -0.478 e. The molecule has 0 heterocycles. The molecule has 1 heteroatoms. The van der Waals surface area contributed by atoms with Gasteiger partial charge in [-0.15, -0.1) is 0 Å². The number of nitrogens with two attached hydrogens (primary N) is 1. The third-order valence-electron chi connectivity index (χ3n) is 2.77. The van der Waals surface area contributed by atoms with Gasteiger partial charge in [0.2, 0.25) is 0 Å². The minimum absolute atomic E-state index is 0.475. The average molecular weight is 161 g/mol. The van der Waals surface area contributed by atoms with Crippen LogP contribution in [0.3, 0.4) is 0 Å². The molecule has 1 saturated carbocycles. The zero-order chi connectivity index (χ0) is 8.44. The number of rotatable bonds is 3. The molecule has 0 spiro atoms. The summed E-state index contributed by atoms with van der Waals surface area (Å²) in [6, 6.07) is 10.8. The molecule has 12 heavy (non-hydrogen) atoms. The Balaban J connectivity index is 2.19. The van der Waals surface area contributed by atoms with Crippen molar-refractivity contribution >= 4 is 0 Å². The van der Waals surface area contributed by atoms with Gasteiger partial charge in [0.05, 0.1) is 6.54 Å². The molecule has 0 bridgehead atoms.